The Balaban J connectivity index is 0.00000162. The first-order chi connectivity index (χ1) is 8.18. The van der Waals surface area contributed by atoms with E-state index in [2.05, 4.69) is 9.88 Å². The second-order valence-electron chi connectivity index (χ2n) is 4.42. The monoisotopic (exact) mass is 267 g/mol. The van der Waals surface area contributed by atoms with E-state index in [9.17, 15) is 4.79 Å². The molecular weight excluding hydrogens is 250 g/mol. The fourth-order valence-corrected chi connectivity index (χ4v) is 1.82. The predicted octanol–water partition coefficient (Wildman–Crippen LogP) is 1.77. The average Bonchev–Trinajstić information content (AvgIpc) is 2.32. The fraction of sp³-hybridized carbons (Fsp3) is 0.385. The SMILES string of the molecule is CN(C)CCCn1cnc2ccccc2c1=O.Cl. The van der Waals surface area contributed by atoms with Crippen LogP contribution in [0.25, 0.3) is 10.9 Å². The van der Waals surface area contributed by atoms with E-state index in [0.717, 1.165) is 25.0 Å². The maximum absolute atomic E-state index is 12.1. The summed E-state index contributed by atoms with van der Waals surface area (Å²) in [7, 11) is 4.06. The lowest BCUT2D eigenvalue weighted by atomic mass is 10.2. The molecule has 1 aromatic carbocycles. The van der Waals surface area contributed by atoms with Crippen molar-refractivity contribution in [3.63, 3.8) is 0 Å². The van der Waals surface area contributed by atoms with Gasteiger partial charge in [0.15, 0.2) is 0 Å². The molecule has 0 radical (unpaired) electrons. The van der Waals surface area contributed by atoms with Crippen LogP contribution in [0.2, 0.25) is 0 Å². The lowest BCUT2D eigenvalue weighted by molar-refractivity contribution is 0.384. The molecule has 0 amide bonds. The molecule has 0 bridgehead atoms. The van der Waals surface area contributed by atoms with Gasteiger partial charge in [0.25, 0.3) is 5.56 Å². The molecule has 2 aromatic rings. The summed E-state index contributed by atoms with van der Waals surface area (Å²) in [6.45, 7) is 1.69. The highest BCUT2D eigenvalue weighted by atomic mass is 35.5. The number of hydrogen-bond acceptors (Lipinski definition) is 3. The molecule has 4 nitrogen and oxygen atoms in total. The lowest BCUT2D eigenvalue weighted by Crippen LogP contribution is -2.23. The van der Waals surface area contributed by atoms with Gasteiger partial charge in [0, 0.05) is 6.54 Å². The van der Waals surface area contributed by atoms with Crippen LogP contribution in [0.1, 0.15) is 6.42 Å². The molecule has 0 N–H and O–H groups in total. The summed E-state index contributed by atoms with van der Waals surface area (Å²) < 4.78 is 1.69. The third-order valence-corrected chi connectivity index (χ3v) is 2.74. The van der Waals surface area contributed by atoms with Gasteiger partial charge in [-0.05, 0) is 39.2 Å². The van der Waals surface area contributed by atoms with Crippen molar-refractivity contribution >= 4 is 23.3 Å². The van der Waals surface area contributed by atoms with Gasteiger partial charge in [-0.2, -0.15) is 0 Å². The molecule has 0 spiro atoms. The molecule has 0 unspecified atom stereocenters. The van der Waals surface area contributed by atoms with E-state index >= 15 is 0 Å². The molecule has 0 aliphatic heterocycles. The van der Waals surface area contributed by atoms with Crippen LogP contribution in [0.15, 0.2) is 35.4 Å². The summed E-state index contributed by atoms with van der Waals surface area (Å²) in [6.07, 6.45) is 2.59. The number of fused-ring (bicyclic) bond motifs is 1. The molecule has 0 atom stereocenters. The Bertz CT molecular complexity index is 565. The Morgan fingerprint density at radius 1 is 1.28 bits per heavy atom. The highest BCUT2D eigenvalue weighted by molar-refractivity contribution is 5.85. The Hall–Kier alpha value is -1.39. The zero-order chi connectivity index (χ0) is 12.3. The third kappa shape index (κ3) is 3.31. The Morgan fingerprint density at radius 2 is 2.00 bits per heavy atom. The summed E-state index contributed by atoms with van der Waals surface area (Å²) >= 11 is 0. The van der Waals surface area contributed by atoms with E-state index in [1.54, 1.807) is 10.9 Å². The second kappa shape index (κ2) is 6.52. The van der Waals surface area contributed by atoms with Crippen molar-refractivity contribution in [2.45, 2.75) is 13.0 Å². The largest absolute Gasteiger partial charge is 0.309 e. The van der Waals surface area contributed by atoms with Gasteiger partial charge in [-0.15, -0.1) is 12.4 Å². The summed E-state index contributed by atoms with van der Waals surface area (Å²) in [5.41, 5.74) is 0.815. The summed E-state index contributed by atoms with van der Waals surface area (Å²) in [6, 6.07) is 7.45. The number of halogens is 1. The van der Waals surface area contributed by atoms with Crippen LogP contribution in [-0.2, 0) is 6.54 Å². The predicted molar refractivity (Wildman–Crippen MR) is 76.4 cm³/mol. The second-order valence-corrected chi connectivity index (χ2v) is 4.42. The molecule has 2 rings (SSSR count). The lowest BCUT2D eigenvalue weighted by Gasteiger charge is -2.10. The molecule has 98 valence electrons. The normalized spacial score (nSPS) is 10.6. The smallest absolute Gasteiger partial charge is 0.261 e. The van der Waals surface area contributed by atoms with Gasteiger partial charge in [0.2, 0.25) is 0 Å². The van der Waals surface area contributed by atoms with E-state index < -0.39 is 0 Å². The fourth-order valence-electron chi connectivity index (χ4n) is 1.82. The molecule has 0 aliphatic carbocycles. The minimum Gasteiger partial charge on any atom is -0.309 e. The van der Waals surface area contributed by atoms with E-state index in [1.807, 2.05) is 38.4 Å². The van der Waals surface area contributed by atoms with Crippen molar-refractivity contribution in [1.29, 1.82) is 0 Å². The number of nitrogens with zero attached hydrogens (tertiary/aromatic N) is 3. The first-order valence-corrected chi connectivity index (χ1v) is 5.77. The maximum Gasteiger partial charge on any atom is 0.261 e. The van der Waals surface area contributed by atoms with Crippen molar-refractivity contribution in [3.05, 3.63) is 40.9 Å². The first-order valence-electron chi connectivity index (χ1n) is 5.77. The third-order valence-electron chi connectivity index (χ3n) is 2.74. The molecule has 5 heteroatoms. The molecule has 18 heavy (non-hydrogen) atoms. The molecular formula is C13H18ClN3O. The Labute approximate surface area is 113 Å². The molecule has 0 aliphatic rings. The zero-order valence-corrected chi connectivity index (χ0v) is 11.5. The summed E-state index contributed by atoms with van der Waals surface area (Å²) in [5.74, 6) is 0. The van der Waals surface area contributed by atoms with Crippen LogP contribution in [0.3, 0.4) is 0 Å². The summed E-state index contributed by atoms with van der Waals surface area (Å²) in [4.78, 5) is 18.5. The minimum absolute atomic E-state index is 0. The van der Waals surface area contributed by atoms with Crippen LogP contribution in [0.5, 0.6) is 0 Å². The Kier molecular flexibility index (Phi) is 5.31. The van der Waals surface area contributed by atoms with Crippen molar-refractivity contribution in [1.82, 2.24) is 14.5 Å². The van der Waals surface area contributed by atoms with Crippen molar-refractivity contribution in [2.75, 3.05) is 20.6 Å². The van der Waals surface area contributed by atoms with Gasteiger partial charge in [-0.1, -0.05) is 12.1 Å². The van der Waals surface area contributed by atoms with Crippen LogP contribution >= 0.6 is 12.4 Å². The number of para-hydroxylation sites is 1. The highest BCUT2D eigenvalue weighted by Crippen LogP contribution is 2.04. The molecule has 1 aromatic heterocycles. The van der Waals surface area contributed by atoms with E-state index in [1.165, 1.54) is 0 Å². The number of aryl methyl sites for hydroxylation is 1. The van der Waals surface area contributed by atoms with Crippen molar-refractivity contribution in [3.8, 4) is 0 Å². The van der Waals surface area contributed by atoms with Crippen molar-refractivity contribution in [2.24, 2.45) is 0 Å². The Morgan fingerprint density at radius 3 is 2.72 bits per heavy atom. The number of rotatable bonds is 4. The first kappa shape index (κ1) is 14.7. The van der Waals surface area contributed by atoms with Crippen LogP contribution in [0, 0.1) is 0 Å². The standard InChI is InChI=1S/C13H17N3O.ClH/c1-15(2)8-5-9-16-10-14-12-7-4-3-6-11(12)13(16)17;/h3-4,6-7,10H,5,8-9H2,1-2H3;1H. The number of aromatic nitrogens is 2. The van der Waals surface area contributed by atoms with Gasteiger partial charge in [0.1, 0.15) is 0 Å². The zero-order valence-electron chi connectivity index (χ0n) is 10.7. The molecule has 0 saturated carbocycles. The maximum atomic E-state index is 12.1. The van der Waals surface area contributed by atoms with E-state index in [-0.39, 0.29) is 18.0 Å². The van der Waals surface area contributed by atoms with Crippen LogP contribution in [-0.4, -0.2) is 35.1 Å². The van der Waals surface area contributed by atoms with Gasteiger partial charge < -0.3 is 4.90 Å². The molecule has 1 heterocycles. The highest BCUT2D eigenvalue weighted by Gasteiger charge is 2.02. The quantitative estimate of drug-likeness (QED) is 0.847. The molecule has 0 fully saturated rings. The van der Waals surface area contributed by atoms with Crippen LogP contribution in [0.4, 0.5) is 0 Å². The van der Waals surface area contributed by atoms with Crippen molar-refractivity contribution < 1.29 is 0 Å². The van der Waals surface area contributed by atoms with Crippen LogP contribution < -0.4 is 5.56 Å². The van der Waals surface area contributed by atoms with Gasteiger partial charge in [-0.25, -0.2) is 4.98 Å². The number of hydrogen-bond donors (Lipinski definition) is 0. The topological polar surface area (TPSA) is 38.1 Å². The van der Waals surface area contributed by atoms with Gasteiger partial charge in [0.05, 0.1) is 17.2 Å². The summed E-state index contributed by atoms with van der Waals surface area (Å²) in [5, 5.41) is 0.694. The van der Waals surface area contributed by atoms with Gasteiger partial charge >= 0.3 is 0 Å². The number of benzene rings is 1. The van der Waals surface area contributed by atoms with Gasteiger partial charge in [-0.3, -0.25) is 9.36 Å². The van der Waals surface area contributed by atoms with E-state index in [0.29, 0.717) is 5.39 Å². The average molecular weight is 268 g/mol. The minimum atomic E-state index is 0. The van der Waals surface area contributed by atoms with E-state index in [4.69, 9.17) is 0 Å². The molecule has 0 saturated heterocycles.